The molecule has 1 amide bonds. The van der Waals surface area contributed by atoms with Gasteiger partial charge in [-0.3, -0.25) is 9.59 Å². The average molecular weight is 838 g/mol. The van der Waals surface area contributed by atoms with E-state index in [1.165, 1.54) is 89.9 Å². The van der Waals surface area contributed by atoms with Crippen molar-refractivity contribution < 1.29 is 24.5 Å². The zero-order chi connectivity index (χ0) is 43.8. The third-order valence-corrected chi connectivity index (χ3v) is 11.1. The van der Waals surface area contributed by atoms with Gasteiger partial charge in [-0.1, -0.05) is 222 Å². The molecule has 0 saturated carbocycles. The van der Waals surface area contributed by atoms with Crippen LogP contribution in [0.1, 0.15) is 233 Å². The molecule has 0 spiro atoms. The Hall–Kier alpha value is -2.70. The Bertz CT molecular complexity index is 1120. The summed E-state index contributed by atoms with van der Waals surface area (Å²) in [6.07, 6.45) is 59.6. The predicted octanol–water partition coefficient (Wildman–Crippen LogP) is 15.0. The molecule has 0 rings (SSSR count). The molecule has 346 valence electrons. The minimum absolute atomic E-state index is 0.0438. The molecule has 0 aliphatic rings. The highest BCUT2D eigenvalue weighted by Gasteiger charge is 2.24. The molecule has 0 aliphatic heterocycles. The number of aliphatic hydroxyl groups excluding tert-OH is 2. The molecule has 0 aromatic carbocycles. The first-order valence-electron chi connectivity index (χ1n) is 25.2. The van der Waals surface area contributed by atoms with Gasteiger partial charge in [0.05, 0.1) is 25.2 Å². The van der Waals surface area contributed by atoms with Gasteiger partial charge >= 0.3 is 5.97 Å². The number of carbonyl (C=O) groups is 2. The number of esters is 1. The van der Waals surface area contributed by atoms with Crippen LogP contribution >= 0.6 is 0 Å². The fourth-order valence-electron chi connectivity index (χ4n) is 7.31. The molecule has 0 aliphatic carbocycles. The lowest BCUT2D eigenvalue weighted by Gasteiger charge is -2.24. The molecular formula is C54H95NO5. The average Bonchev–Trinajstić information content (AvgIpc) is 3.24. The van der Waals surface area contributed by atoms with Crippen LogP contribution in [0.5, 0.6) is 0 Å². The van der Waals surface area contributed by atoms with E-state index in [0.717, 1.165) is 96.3 Å². The number of nitrogens with one attached hydrogen (secondary N) is 1. The fraction of sp³-hybridized carbons (Fsp3) is 0.741. The quantitative estimate of drug-likeness (QED) is 0.0323. The summed E-state index contributed by atoms with van der Waals surface area (Å²) in [7, 11) is 0. The van der Waals surface area contributed by atoms with Gasteiger partial charge in [0.1, 0.15) is 6.10 Å². The summed E-state index contributed by atoms with van der Waals surface area (Å²) < 4.78 is 5.90. The van der Waals surface area contributed by atoms with Crippen LogP contribution in [-0.4, -0.2) is 46.9 Å². The largest absolute Gasteiger partial charge is 0.462 e. The highest BCUT2D eigenvalue weighted by molar-refractivity contribution is 5.77. The van der Waals surface area contributed by atoms with Crippen LogP contribution in [-0.2, 0) is 14.3 Å². The molecular weight excluding hydrogens is 743 g/mol. The van der Waals surface area contributed by atoms with Crippen molar-refractivity contribution in [3.8, 4) is 0 Å². The molecule has 0 aromatic heterocycles. The number of hydrogen-bond donors (Lipinski definition) is 3. The van der Waals surface area contributed by atoms with Crippen molar-refractivity contribution in [2.75, 3.05) is 6.61 Å². The van der Waals surface area contributed by atoms with Gasteiger partial charge in [0, 0.05) is 6.42 Å². The summed E-state index contributed by atoms with van der Waals surface area (Å²) in [5.41, 5.74) is 0. The maximum Gasteiger partial charge on any atom is 0.306 e. The maximum absolute atomic E-state index is 13.2. The van der Waals surface area contributed by atoms with E-state index in [2.05, 4.69) is 99.0 Å². The summed E-state index contributed by atoms with van der Waals surface area (Å²) in [5, 5.41) is 23.7. The lowest BCUT2D eigenvalue weighted by atomic mass is 10.0. The van der Waals surface area contributed by atoms with Crippen LogP contribution in [0.15, 0.2) is 72.9 Å². The maximum atomic E-state index is 13.2. The van der Waals surface area contributed by atoms with Gasteiger partial charge in [-0.15, -0.1) is 0 Å². The molecule has 3 N–H and O–H groups in total. The van der Waals surface area contributed by atoms with Crippen LogP contribution in [0.3, 0.4) is 0 Å². The normalized spacial score (nSPS) is 13.9. The topological polar surface area (TPSA) is 95.9 Å². The summed E-state index contributed by atoms with van der Waals surface area (Å²) in [6.45, 7) is 6.31. The second-order valence-corrected chi connectivity index (χ2v) is 17.0. The summed E-state index contributed by atoms with van der Waals surface area (Å²) in [6, 6.07) is -0.719. The molecule has 60 heavy (non-hydrogen) atoms. The van der Waals surface area contributed by atoms with Crippen molar-refractivity contribution in [1.29, 1.82) is 0 Å². The van der Waals surface area contributed by atoms with Crippen LogP contribution in [0.2, 0.25) is 0 Å². The second kappa shape index (κ2) is 47.4. The first-order valence-corrected chi connectivity index (χ1v) is 25.2. The van der Waals surface area contributed by atoms with Crippen LogP contribution in [0.25, 0.3) is 0 Å². The molecule has 0 saturated heterocycles. The monoisotopic (exact) mass is 838 g/mol. The standard InChI is InChI=1S/C54H95NO5/c1-4-7-10-13-16-19-22-25-26-27-29-30-33-36-39-42-45-50(60-54(59)47-44-41-38-35-32-28-23-20-17-14-11-8-5-2)48-53(58)55-51(49-56)52(57)46-43-40-37-34-31-24-21-18-15-12-9-6-3/h8,11,14,17,20,22-23,25-27,29-30,50-52,56-57H,4-7,9-10,12-13,15-16,18-19,21,24,28,31-49H2,1-3H3,(H,55,58)/b11-8+,17-14+,23-20-,25-22+,27-26+,30-29+. The summed E-state index contributed by atoms with van der Waals surface area (Å²) >= 11 is 0. The molecule has 6 heteroatoms. The molecule has 3 unspecified atom stereocenters. The van der Waals surface area contributed by atoms with Crippen molar-refractivity contribution >= 4 is 11.9 Å². The molecule has 3 atom stereocenters. The Morgan fingerprint density at radius 1 is 0.500 bits per heavy atom. The van der Waals surface area contributed by atoms with Gasteiger partial charge in [0.2, 0.25) is 5.91 Å². The van der Waals surface area contributed by atoms with Gasteiger partial charge in [0.25, 0.3) is 0 Å². The predicted molar refractivity (Wildman–Crippen MR) is 259 cm³/mol. The smallest absolute Gasteiger partial charge is 0.306 e. The van der Waals surface area contributed by atoms with Gasteiger partial charge in [-0.05, 0) is 70.6 Å². The first-order chi connectivity index (χ1) is 29.5. The van der Waals surface area contributed by atoms with E-state index >= 15 is 0 Å². The van der Waals surface area contributed by atoms with Crippen LogP contribution in [0.4, 0.5) is 0 Å². The van der Waals surface area contributed by atoms with E-state index in [1.807, 2.05) is 0 Å². The number of ether oxygens (including phenoxy) is 1. The van der Waals surface area contributed by atoms with E-state index in [1.54, 1.807) is 0 Å². The number of amides is 1. The lowest BCUT2D eigenvalue weighted by Crippen LogP contribution is -2.46. The second-order valence-electron chi connectivity index (χ2n) is 17.0. The van der Waals surface area contributed by atoms with E-state index in [9.17, 15) is 19.8 Å². The van der Waals surface area contributed by atoms with Crippen molar-refractivity contribution in [3.63, 3.8) is 0 Å². The zero-order valence-corrected chi connectivity index (χ0v) is 39.3. The van der Waals surface area contributed by atoms with E-state index in [-0.39, 0.29) is 24.9 Å². The third kappa shape index (κ3) is 42.0. The third-order valence-electron chi connectivity index (χ3n) is 11.1. The Balaban J connectivity index is 4.71. The number of carbonyl (C=O) groups excluding carboxylic acids is 2. The Morgan fingerprint density at radius 3 is 1.37 bits per heavy atom. The molecule has 0 radical (unpaired) electrons. The lowest BCUT2D eigenvalue weighted by molar-refractivity contribution is -0.151. The van der Waals surface area contributed by atoms with Crippen LogP contribution < -0.4 is 5.32 Å². The van der Waals surface area contributed by atoms with Gasteiger partial charge in [-0.25, -0.2) is 0 Å². The van der Waals surface area contributed by atoms with Gasteiger partial charge in [-0.2, -0.15) is 0 Å². The number of rotatable bonds is 44. The van der Waals surface area contributed by atoms with Gasteiger partial charge in [0.15, 0.2) is 0 Å². The molecule has 6 nitrogen and oxygen atoms in total. The van der Waals surface area contributed by atoms with Gasteiger partial charge < -0.3 is 20.3 Å². The first kappa shape index (κ1) is 57.3. The SMILES string of the molecule is CC/C=C/C=C/C=C\CCCCCCCC(=O)OC(CCCCC/C=C/C=C/C=C/CCCCCCC)CC(=O)NC(CO)C(O)CCCCCCCCCCCCCC. The van der Waals surface area contributed by atoms with Crippen LogP contribution in [0, 0.1) is 0 Å². The number of hydrogen-bond acceptors (Lipinski definition) is 5. The zero-order valence-electron chi connectivity index (χ0n) is 39.3. The highest BCUT2D eigenvalue weighted by atomic mass is 16.5. The van der Waals surface area contributed by atoms with Crippen molar-refractivity contribution in [2.24, 2.45) is 0 Å². The fourth-order valence-corrected chi connectivity index (χ4v) is 7.31. The molecule has 0 heterocycles. The Labute approximate surface area is 371 Å². The molecule has 0 bridgehead atoms. The van der Waals surface area contributed by atoms with E-state index in [0.29, 0.717) is 19.3 Å². The molecule has 0 fully saturated rings. The number of unbranched alkanes of at least 4 members (excludes halogenated alkanes) is 24. The number of aliphatic hydroxyl groups is 2. The van der Waals surface area contributed by atoms with Crippen molar-refractivity contribution in [1.82, 2.24) is 5.32 Å². The minimum atomic E-state index is -0.803. The van der Waals surface area contributed by atoms with E-state index < -0.39 is 18.2 Å². The summed E-state index contributed by atoms with van der Waals surface area (Å²) in [5.74, 6) is -0.534. The van der Waals surface area contributed by atoms with Crippen molar-refractivity contribution in [3.05, 3.63) is 72.9 Å². The Morgan fingerprint density at radius 2 is 0.900 bits per heavy atom. The Kier molecular flexibility index (Phi) is 45.2. The number of allylic oxidation sites excluding steroid dienone is 12. The summed E-state index contributed by atoms with van der Waals surface area (Å²) in [4.78, 5) is 26.1. The van der Waals surface area contributed by atoms with E-state index in [4.69, 9.17) is 4.74 Å². The highest BCUT2D eigenvalue weighted by Crippen LogP contribution is 2.17. The van der Waals surface area contributed by atoms with Crippen molar-refractivity contribution in [2.45, 2.75) is 251 Å². The molecule has 0 aromatic rings. The minimum Gasteiger partial charge on any atom is -0.462 e.